The summed E-state index contributed by atoms with van der Waals surface area (Å²) in [6, 6.07) is 3.88. The minimum Gasteiger partial charge on any atom is -0.383 e. The van der Waals surface area contributed by atoms with Gasteiger partial charge in [-0.2, -0.15) is 0 Å². The first-order chi connectivity index (χ1) is 10.5. The molecule has 0 aliphatic carbocycles. The van der Waals surface area contributed by atoms with Gasteiger partial charge in [0.05, 0.1) is 12.6 Å². The SMILES string of the molecule is CCNC(=NCC(C)(O)c1cccs1)NCCCOC(C)C.I. The van der Waals surface area contributed by atoms with E-state index in [0.29, 0.717) is 6.54 Å². The van der Waals surface area contributed by atoms with Crippen LogP contribution < -0.4 is 10.6 Å². The summed E-state index contributed by atoms with van der Waals surface area (Å²) in [7, 11) is 0. The van der Waals surface area contributed by atoms with Crippen molar-refractivity contribution >= 4 is 41.3 Å². The van der Waals surface area contributed by atoms with E-state index in [1.807, 2.05) is 38.3 Å². The molecule has 0 amide bonds. The number of aliphatic hydroxyl groups is 1. The molecule has 0 saturated heterocycles. The van der Waals surface area contributed by atoms with E-state index in [-0.39, 0.29) is 30.1 Å². The van der Waals surface area contributed by atoms with Gasteiger partial charge < -0.3 is 20.5 Å². The zero-order valence-corrected chi connectivity index (χ0v) is 17.6. The van der Waals surface area contributed by atoms with Gasteiger partial charge in [0.25, 0.3) is 0 Å². The lowest BCUT2D eigenvalue weighted by Gasteiger charge is -2.20. The van der Waals surface area contributed by atoms with Gasteiger partial charge >= 0.3 is 0 Å². The highest BCUT2D eigenvalue weighted by atomic mass is 127. The first kappa shape index (κ1) is 22.6. The molecular formula is C16H30IN3O2S. The summed E-state index contributed by atoms with van der Waals surface area (Å²) >= 11 is 1.55. The fraction of sp³-hybridized carbons (Fsp3) is 0.688. The Bertz CT molecular complexity index is 437. The number of thiophene rings is 1. The number of nitrogens with zero attached hydrogens (tertiary/aromatic N) is 1. The molecule has 0 spiro atoms. The highest BCUT2D eigenvalue weighted by Crippen LogP contribution is 2.25. The number of aliphatic imine (C=N–C) groups is 1. The molecule has 0 aromatic carbocycles. The van der Waals surface area contributed by atoms with Crippen molar-refractivity contribution < 1.29 is 9.84 Å². The third-order valence-electron chi connectivity index (χ3n) is 3.01. The molecule has 134 valence electrons. The molecule has 3 N–H and O–H groups in total. The Kier molecular flexibility index (Phi) is 11.9. The Balaban J connectivity index is 0.00000484. The van der Waals surface area contributed by atoms with Crippen molar-refractivity contribution in [2.75, 3.05) is 26.2 Å². The third-order valence-corrected chi connectivity index (χ3v) is 4.13. The van der Waals surface area contributed by atoms with Crippen LogP contribution in [0, 0.1) is 0 Å². The summed E-state index contributed by atoms with van der Waals surface area (Å²) in [5, 5.41) is 18.9. The van der Waals surface area contributed by atoms with E-state index in [9.17, 15) is 5.11 Å². The maximum absolute atomic E-state index is 10.5. The van der Waals surface area contributed by atoms with Crippen LogP contribution in [0.2, 0.25) is 0 Å². The molecule has 1 aromatic rings. The van der Waals surface area contributed by atoms with Gasteiger partial charge in [0.2, 0.25) is 0 Å². The van der Waals surface area contributed by atoms with Crippen LogP contribution in [0.25, 0.3) is 0 Å². The molecule has 0 radical (unpaired) electrons. The lowest BCUT2D eigenvalue weighted by atomic mass is 10.1. The van der Waals surface area contributed by atoms with Crippen LogP contribution in [-0.4, -0.2) is 43.4 Å². The summed E-state index contributed by atoms with van der Waals surface area (Å²) in [5.74, 6) is 0.726. The normalized spacial score (nSPS) is 14.3. The third kappa shape index (κ3) is 9.49. The second-order valence-corrected chi connectivity index (χ2v) is 6.59. The van der Waals surface area contributed by atoms with E-state index in [2.05, 4.69) is 15.6 Å². The lowest BCUT2D eigenvalue weighted by Crippen LogP contribution is -2.39. The van der Waals surface area contributed by atoms with Gasteiger partial charge in [0.1, 0.15) is 5.60 Å². The largest absolute Gasteiger partial charge is 0.383 e. The maximum Gasteiger partial charge on any atom is 0.191 e. The van der Waals surface area contributed by atoms with Crippen LogP contribution in [0.3, 0.4) is 0 Å². The molecular weight excluding hydrogens is 425 g/mol. The number of guanidine groups is 1. The molecule has 0 saturated carbocycles. The van der Waals surface area contributed by atoms with Gasteiger partial charge in [-0.15, -0.1) is 35.3 Å². The Morgan fingerprint density at radius 2 is 2.17 bits per heavy atom. The van der Waals surface area contributed by atoms with Crippen molar-refractivity contribution in [3.63, 3.8) is 0 Å². The molecule has 7 heteroatoms. The maximum atomic E-state index is 10.5. The Morgan fingerprint density at radius 3 is 2.74 bits per heavy atom. The average molecular weight is 455 g/mol. The van der Waals surface area contributed by atoms with E-state index in [4.69, 9.17) is 4.74 Å². The number of nitrogens with one attached hydrogen (secondary N) is 2. The van der Waals surface area contributed by atoms with Crippen LogP contribution in [-0.2, 0) is 10.3 Å². The first-order valence-corrected chi connectivity index (χ1v) is 8.74. The molecule has 23 heavy (non-hydrogen) atoms. The number of halogens is 1. The molecule has 0 aliphatic heterocycles. The van der Waals surface area contributed by atoms with E-state index >= 15 is 0 Å². The minimum absolute atomic E-state index is 0. The van der Waals surface area contributed by atoms with Gasteiger partial charge in [-0.05, 0) is 45.6 Å². The smallest absolute Gasteiger partial charge is 0.191 e. The summed E-state index contributed by atoms with van der Waals surface area (Å²) in [5.41, 5.74) is -0.933. The zero-order valence-electron chi connectivity index (χ0n) is 14.5. The van der Waals surface area contributed by atoms with E-state index in [1.165, 1.54) is 0 Å². The van der Waals surface area contributed by atoms with E-state index in [0.717, 1.165) is 37.0 Å². The van der Waals surface area contributed by atoms with Gasteiger partial charge in [-0.3, -0.25) is 0 Å². The van der Waals surface area contributed by atoms with Crippen LogP contribution in [0.4, 0.5) is 0 Å². The fourth-order valence-corrected chi connectivity index (χ4v) is 2.61. The quantitative estimate of drug-likeness (QED) is 0.232. The number of rotatable bonds is 9. The lowest BCUT2D eigenvalue weighted by molar-refractivity contribution is 0.0709. The molecule has 1 atom stereocenters. The average Bonchev–Trinajstić information content (AvgIpc) is 2.99. The molecule has 0 aliphatic rings. The second-order valence-electron chi connectivity index (χ2n) is 5.65. The zero-order chi connectivity index (χ0) is 16.4. The van der Waals surface area contributed by atoms with Gasteiger partial charge in [-0.25, -0.2) is 4.99 Å². The van der Waals surface area contributed by atoms with Crippen LogP contribution in [0.15, 0.2) is 22.5 Å². The van der Waals surface area contributed by atoms with Crippen LogP contribution >= 0.6 is 35.3 Å². The van der Waals surface area contributed by atoms with Crippen LogP contribution in [0.1, 0.15) is 39.0 Å². The molecule has 1 rings (SSSR count). The van der Waals surface area contributed by atoms with Crippen molar-refractivity contribution in [1.82, 2.24) is 10.6 Å². The predicted octanol–water partition coefficient (Wildman–Crippen LogP) is 2.94. The Hall–Kier alpha value is -0.380. The Labute approximate surface area is 160 Å². The summed E-state index contributed by atoms with van der Waals surface area (Å²) < 4.78 is 5.51. The Morgan fingerprint density at radius 1 is 1.43 bits per heavy atom. The molecule has 1 aromatic heterocycles. The van der Waals surface area contributed by atoms with Gasteiger partial charge in [0, 0.05) is 24.6 Å². The van der Waals surface area contributed by atoms with Crippen molar-refractivity contribution in [3.8, 4) is 0 Å². The van der Waals surface area contributed by atoms with E-state index < -0.39 is 5.60 Å². The molecule has 1 unspecified atom stereocenters. The van der Waals surface area contributed by atoms with Crippen molar-refractivity contribution in [2.45, 2.75) is 45.8 Å². The molecule has 1 heterocycles. The highest BCUT2D eigenvalue weighted by molar-refractivity contribution is 14.0. The summed E-state index contributed by atoms with van der Waals surface area (Å²) in [6.07, 6.45) is 1.19. The molecule has 5 nitrogen and oxygen atoms in total. The summed E-state index contributed by atoms with van der Waals surface area (Å²) in [4.78, 5) is 5.41. The second kappa shape index (κ2) is 12.0. The monoisotopic (exact) mass is 455 g/mol. The minimum atomic E-state index is -0.933. The fourth-order valence-electron chi connectivity index (χ4n) is 1.84. The standard InChI is InChI=1S/C16H29N3O2S.HI/c1-5-17-15(18-9-7-10-21-13(2)3)19-12-16(4,20)14-8-6-11-22-14;/h6,8,11,13,20H,5,7,9-10,12H2,1-4H3,(H2,17,18,19);1H. The van der Waals surface area contributed by atoms with E-state index in [1.54, 1.807) is 18.3 Å². The van der Waals surface area contributed by atoms with Crippen molar-refractivity contribution in [3.05, 3.63) is 22.4 Å². The van der Waals surface area contributed by atoms with Crippen LogP contribution in [0.5, 0.6) is 0 Å². The van der Waals surface area contributed by atoms with Crippen molar-refractivity contribution in [2.24, 2.45) is 4.99 Å². The van der Waals surface area contributed by atoms with Gasteiger partial charge in [-0.1, -0.05) is 6.07 Å². The van der Waals surface area contributed by atoms with Crippen molar-refractivity contribution in [1.29, 1.82) is 0 Å². The topological polar surface area (TPSA) is 65.9 Å². The first-order valence-electron chi connectivity index (χ1n) is 7.86. The number of hydrogen-bond donors (Lipinski definition) is 3. The molecule has 0 fully saturated rings. The van der Waals surface area contributed by atoms with Gasteiger partial charge in [0.15, 0.2) is 5.96 Å². The summed E-state index contributed by atoms with van der Waals surface area (Å²) in [6.45, 7) is 10.5. The number of ether oxygens (including phenoxy) is 1. The number of hydrogen-bond acceptors (Lipinski definition) is 4. The molecule has 0 bridgehead atoms. The highest BCUT2D eigenvalue weighted by Gasteiger charge is 2.23. The predicted molar refractivity (Wildman–Crippen MR) is 109 cm³/mol.